The van der Waals surface area contributed by atoms with Crippen molar-refractivity contribution in [2.45, 2.75) is 38.3 Å². The van der Waals surface area contributed by atoms with Gasteiger partial charge in [0.2, 0.25) is 0 Å². The Morgan fingerprint density at radius 3 is 2.79 bits per heavy atom. The van der Waals surface area contributed by atoms with E-state index in [0.717, 1.165) is 32.6 Å². The van der Waals surface area contributed by atoms with Crippen LogP contribution in [0.25, 0.3) is 0 Å². The van der Waals surface area contributed by atoms with Gasteiger partial charge in [-0.3, -0.25) is 4.79 Å². The first-order chi connectivity index (χ1) is 13.6. The Balaban J connectivity index is 1.43. The fourth-order valence-corrected chi connectivity index (χ4v) is 3.50. The van der Waals surface area contributed by atoms with Gasteiger partial charge < -0.3 is 20.6 Å². The first-order valence-electron chi connectivity index (χ1n) is 10.0. The fourth-order valence-electron chi connectivity index (χ4n) is 3.50. The van der Waals surface area contributed by atoms with Crippen molar-refractivity contribution in [3.05, 3.63) is 42.2 Å². The van der Waals surface area contributed by atoms with E-state index < -0.39 is 5.60 Å². The van der Waals surface area contributed by atoms with Gasteiger partial charge in [0, 0.05) is 25.3 Å². The summed E-state index contributed by atoms with van der Waals surface area (Å²) in [6, 6.07) is 10.3. The van der Waals surface area contributed by atoms with Crippen molar-refractivity contribution in [3.8, 4) is 0 Å². The molecule has 0 aliphatic carbocycles. The van der Waals surface area contributed by atoms with Crippen LogP contribution in [0.2, 0.25) is 0 Å². The highest BCUT2D eigenvalue weighted by atomic mass is 16.3. The fraction of sp³-hybridized carbons (Fsp3) is 0.550. The molecule has 0 radical (unpaired) electrons. The maximum atomic E-state index is 12.3. The number of carbonyl (C=O) groups excluding carboxylic acids is 1. The van der Waals surface area contributed by atoms with E-state index in [1.165, 1.54) is 5.69 Å². The van der Waals surface area contributed by atoms with Crippen LogP contribution in [-0.4, -0.2) is 64.3 Å². The number of para-hydroxylation sites is 1. The summed E-state index contributed by atoms with van der Waals surface area (Å²) in [5, 5.41) is 24.7. The molecular weight excluding hydrogens is 356 g/mol. The second-order valence-electron chi connectivity index (χ2n) is 7.30. The smallest absolute Gasteiger partial charge is 0.273 e. The minimum atomic E-state index is -0.784. The summed E-state index contributed by atoms with van der Waals surface area (Å²) < 4.78 is 1.56. The number of carbonyl (C=O) groups is 1. The Kier molecular flexibility index (Phi) is 7.00. The number of benzene rings is 1. The number of amides is 1. The molecule has 28 heavy (non-hydrogen) atoms. The Hall–Kier alpha value is -2.45. The molecule has 1 aromatic carbocycles. The number of rotatable bonds is 9. The number of anilines is 1. The number of hydrogen-bond donors (Lipinski definition) is 3. The molecule has 1 aromatic heterocycles. The van der Waals surface area contributed by atoms with Crippen molar-refractivity contribution in [3.63, 3.8) is 0 Å². The van der Waals surface area contributed by atoms with Gasteiger partial charge in [-0.1, -0.05) is 23.4 Å². The van der Waals surface area contributed by atoms with Crippen LogP contribution < -0.4 is 15.5 Å². The molecular formula is C20H30N6O2. The van der Waals surface area contributed by atoms with Crippen molar-refractivity contribution in [1.82, 2.24) is 25.6 Å². The number of aromatic nitrogens is 3. The van der Waals surface area contributed by atoms with E-state index >= 15 is 0 Å². The maximum Gasteiger partial charge on any atom is 0.273 e. The molecule has 3 N–H and O–H groups in total. The van der Waals surface area contributed by atoms with Crippen LogP contribution in [0, 0.1) is 0 Å². The van der Waals surface area contributed by atoms with Gasteiger partial charge >= 0.3 is 0 Å². The molecule has 3 rings (SSSR count). The number of aliphatic hydroxyl groups is 1. The van der Waals surface area contributed by atoms with Crippen molar-refractivity contribution in [1.29, 1.82) is 0 Å². The van der Waals surface area contributed by atoms with Gasteiger partial charge in [0.15, 0.2) is 5.69 Å². The molecule has 2 aromatic rings. The summed E-state index contributed by atoms with van der Waals surface area (Å²) >= 11 is 0. The third kappa shape index (κ3) is 5.53. The summed E-state index contributed by atoms with van der Waals surface area (Å²) in [4.78, 5) is 14.6. The molecule has 0 spiro atoms. The maximum absolute atomic E-state index is 12.3. The molecule has 1 amide bonds. The molecule has 0 unspecified atom stereocenters. The molecule has 1 fully saturated rings. The third-order valence-electron chi connectivity index (χ3n) is 5.16. The van der Waals surface area contributed by atoms with Crippen molar-refractivity contribution >= 4 is 11.6 Å². The first kappa shape index (κ1) is 20.3. The van der Waals surface area contributed by atoms with Crippen molar-refractivity contribution < 1.29 is 9.90 Å². The predicted molar refractivity (Wildman–Crippen MR) is 108 cm³/mol. The summed E-state index contributed by atoms with van der Waals surface area (Å²) in [5.74, 6) is -0.230. The number of hydrogen-bond acceptors (Lipinski definition) is 6. The normalized spacial score (nSPS) is 15.9. The molecule has 2 heterocycles. The zero-order valence-corrected chi connectivity index (χ0v) is 16.5. The van der Waals surface area contributed by atoms with E-state index in [9.17, 15) is 9.90 Å². The molecule has 0 saturated carbocycles. The molecule has 0 atom stereocenters. The Morgan fingerprint density at radius 2 is 2.07 bits per heavy atom. The van der Waals surface area contributed by atoms with E-state index in [-0.39, 0.29) is 11.6 Å². The Morgan fingerprint density at radius 1 is 1.32 bits per heavy atom. The summed E-state index contributed by atoms with van der Waals surface area (Å²) in [5.41, 5.74) is 0.691. The van der Waals surface area contributed by atoms with Crippen molar-refractivity contribution in [2.24, 2.45) is 0 Å². The van der Waals surface area contributed by atoms with E-state index in [2.05, 4.69) is 44.9 Å². The highest BCUT2D eigenvalue weighted by Gasteiger charge is 2.30. The van der Waals surface area contributed by atoms with E-state index in [1.54, 1.807) is 10.9 Å². The topological polar surface area (TPSA) is 95.3 Å². The zero-order valence-electron chi connectivity index (χ0n) is 16.5. The number of nitrogens with zero attached hydrogens (tertiary/aromatic N) is 4. The number of piperidine rings is 1. The van der Waals surface area contributed by atoms with Crippen LogP contribution in [0.1, 0.15) is 36.7 Å². The summed E-state index contributed by atoms with van der Waals surface area (Å²) in [7, 11) is 0. The van der Waals surface area contributed by atoms with Gasteiger partial charge in [0.1, 0.15) is 0 Å². The van der Waals surface area contributed by atoms with Crippen LogP contribution in [0.5, 0.6) is 0 Å². The molecule has 8 heteroatoms. The molecule has 1 aliphatic rings. The molecule has 152 valence electrons. The van der Waals surface area contributed by atoms with Crippen LogP contribution in [0.3, 0.4) is 0 Å². The first-order valence-corrected chi connectivity index (χ1v) is 10.0. The summed E-state index contributed by atoms with van der Waals surface area (Å²) in [6.45, 7) is 6.42. The van der Waals surface area contributed by atoms with Crippen LogP contribution in [-0.2, 0) is 6.54 Å². The van der Waals surface area contributed by atoms with Crippen LogP contribution >= 0.6 is 0 Å². The Labute approximate surface area is 165 Å². The van der Waals surface area contributed by atoms with Gasteiger partial charge in [-0.2, -0.15) is 0 Å². The lowest BCUT2D eigenvalue weighted by Gasteiger charge is -2.32. The van der Waals surface area contributed by atoms with Crippen LogP contribution in [0.4, 0.5) is 5.69 Å². The van der Waals surface area contributed by atoms with E-state index in [0.29, 0.717) is 25.9 Å². The minimum absolute atomic E-state index is 0.230. The molecule has 8 nitrogen and oxygen atoms in total. The van der Waals surface area contributed by atoms with E-state index in [4.69, 9.17) is 0 Å². The SMILES string of the molecule is CCN(CCCNC(=O)c1cn(CC2(O)CCNCC2)nn1)c1ccccc1. The molecule has 1 aliphatic heterocycles. The average molecular weight is 387 g/mol. The van der Waals surface area contributed by atoms with Gasteiger partial charge in [-0.25, -0.2) is 4.68 Å². The molecule has 1 saturated heterocycles. The zero-order chi connectivity index (χ0) is 19.8. The van der Waals surface area contributed by atoms with Gasteiger partial charge in [-0.15, -0.1) is 5.10 Å². The molecule has 0 bridgehead atoms. The van der Waals surface area contributed by atoms with Crippen molar-refractivity contribution in [2.75, 3.05) is 37.6 Å². The largest absolute Gasteiger partial charge is 0.388 e. The monoisotopic (exact) mass is 386 g/mol. The van der Waals surface area contributed by atoms with Gasteiger partial charge in [-0.05, 0) is 51.4 Å². The number of nitrogens with one attached hydrogen (secondary N) is 2. The predicted octanol–water partition coefficient (Wildman–Crippen LogP) is 1.04. The van der Waals surface area contributed by atoms with E-state index in [1.807, 2.05) is 18.2 Å². The van der Waals surface area contributed by atoms with Crippen LogP contribution in [0.15, 0.2) is 36.5 Å². The average Bonchev–Trinajstić information content (AvgIpc) is 3.17. The highest BCUT2D eigenvalue weighted by Crippen LogP contribution is 2.19. The standard InChI is InChI=1S/C20H30N6O2/c1-2-25(17-7-4-3-5-8-17)14-6-11-22-19(27)18-15-26(24-23-18)16-20(28)9-12-21-13-10-20/h3-5,7-8,15,21,28H,2,6,9-14,16H2,1H3,(H,22,27). The lowest BCUT2D eigenvalue weighted by molar-refractivity contribution is -0.00866. The summed E-state index contributed by atoms with van der Waals surface area (Å²) in [6.07, 6.45) is 3.79. The lowest BCUT2D eigenvalue weighted by Crippen LogP contribution is -2.44. The third-order valence-corrected chi connectivity index (χ3v) is 5.16. The lowest BCUT2D eigenvalue weighted by atomic mass is 9.92. The second-order valence-corrected chi connectivity index (χ2v) is 7.30. The van der Waals surface area contributed by atoms with Gasteiger partial charge in [0.05, 0.1) is 18.3 Å². The Bertz CT molecular complexity index is 742. The van der Waals surface area contributed by atoms with Gasteiger partial charge in [0.25, 0.3) is 5.91 Å². The minimum Gasteiger partial charge on any atom is -0.388 e. The quantitative estimate of drug-likeness (QED) is 0.558. The highest BCUT2D eigenvalue weighted by molar-refractivity contribution is 5.91. The second kappa shape index (κ2) is 9.66.